The van der Waals surface area contributed by atoms with Gasteiger partial charge in [-0.1, -0.05) is 30.3 Å². The van der Waals surface area contributed by atoms with Gasteiger partial charge in [-0.25, -0.2) is 17.2 Å². The Morgan fingerprint density at radius 3 is 2.34 bits per heavy atom. The lowest BCUT2D eigenvalue weighted by Gasteiger charge is -2.22. The van der Waals surface area contributed by atoms with E-state index in [1.165, 1.54) is 0 Å². The van der Waals surface area contributed by atoms with Crippen LogP contribution >= 0.6 is 11.8 Å². The van der Waals surface area contributed by atoms with E-state index in [9.17, 15) is 22.0 Å². The van der Waals surface area contributed by atoms with Gasteiger partial charge in [0.05, 0.1) is 11.9 Å². The molecule has 0 aliphatic carbocycles. The molecule has 0 aliphatic rings. The summed E-state index contributed by atoms with van der Waals surface area (Å²) in [4.78, 5) is 13.7. The van der Waals surface area contributed by atoms with Crippen LogP contribution in [0.1, 0.15) is 11.1 Å². The second-order valence-electron chi connectivity index (χ2n) is 7.17. The molecule has 168 valence electrons. The Kier molecular flexibility index (Phi) is 7.52. The first-order chi connectivity index (χ1) is 15.1. The molecule has 1 N–H and O–H groups in total. The summed E-state index contributed by atoms with van der Waals surface area (Å²) in [5.41, 5.74) is 2.31. The van der Waals surface area contributed by atoms with E-state index in [-0.39, 0.29) is 5.69 Å². The zero-order valence-corrected chi connectivity index (χ0v) is 19.1. The van der Waals surface area contributed by atoms with Gasteiger partial charge in [-0.2, -0.15) is 0 Å². The van der Waals surface area contributed by atoms with Gasteiger partial charge in [0.25, 0.3) is 0 Å². The van der Waals surface area contributed by atoms with Gasteiger partial charge in [0.15, 0.2) is 11.6 Å². The van der Waals surface area contributed by atoms with Gasteiger partial charge in [0, 0.05) is 22.4 Å². The SMILES string of the molecule is Cc1cc(CSc2ccccc2)ccc1NC(=O)CN(c1ccc(F)c(F)c1)S(C)(=O)=O. The molecular formula is C23H22F2N2O3S2. The van der Waals surface area contributed by atoms with Crippen molar-refractivity contribution in [2.45, 2.75) is 17.6 Å². The minimum absolute atomic E-state index is 0.133. The van der Waals surface area contributed by atoms with Crippen molar-refractivity contribution in [1.29, 1.82) is 0 Å². The molecule has 0 saturated carbocycles. The number of carbonyl (C=O) groups is 1. The van der Waals surface area contributed by atoms with Crippen molar-refractivity contribution in [1.82, 2.24) is 0 Å². The van der Waals surface area contributed by atoms with Crippen molar-refractivity contribution < 1.29 is 22.0 Å². The Morgan fingerprint density at radius 1 is 1.00 bits per heavy atom. The molecule has 0 aliphatic heterocycles. The topological polar surface area (TPSA) is 66.5 Å². The number of benzene rings is 3. The molecule has 3 aromatic rings. The van der Waals surface area contributed by atoms with Gasteiger partial charge in [0.1, 0.15) is 6.54 Å². The first-order valence-electron chi connectivity index (χ1n) is 9.63. The number of sulfonamides is 1. The molecule has 0 atom stereocenters. The zero-order valence-electron chi connectivity index (χ0n) is 17.5. The molecule has 0 bridgehead atoms. The third-order valence-corrected chi connectivity index (χ3v) is 6.82. The summed E-state index contributed by atoms with van der Waals surface area (Å²) in [6, 6.07) is 18.3. The maximum Gasteiger partial charge on any atom is 0.245 e. The lowest BCUT2D eigenvalue weighted by atomic mass is 10.1. The number of thioether (sulfide) groups is 1. The van der Waals surface area contributed by atoms with Crippen LogP contribution in [0.4, 0.5) is 20.2 Å². The number of halogens is 2. The standard InChI is InChI=1S/C23H22F2N2O3S2/c1-16-12-17(15-31-19-6-4-3-5-7-19)8-11-22(16)26-23(28)14-27(32(2,29)30)18-9-10-20(24)21(25)13-18/h3-13H,14-15H2,1-2H3,(H,26,28). The molecule has 3 rings (SSSR count). The summed E-state index contributed by atoms with van der Waals surface area (Å²) < 4.78 is 51.8. The van der Waals surface area contributed by atoms with Crippen LogP contribution in [0.5, 0.6) is 0 Å². The lowest BCUT2D eigenvalue weighted by Crippen LogP contribution is -2.37. The maximum atomic E-state index is 13.6. The van der Waals surface area contributed by atoms with Crippen molar-refractivity contribution in [3.05, 3.63) is 89.5 Å². The van der Waals surface area contributed by atoms with Crippen LogP contribution in [0.2, 0.25) is 0 Å². The molecule has 1 amide bonds. The van der Waals surface area contributed by atoms with Crippen LogP contribution in [-0.4, -0.2) is 27.1 Å². The number of carbonyl (C=O) groups excluding carboxylic acids is 1. The predicted molar refractivity (Wildman–Crippen MR) is 124 cm³/mol. The summed E-state index contributed by atoms with van der Waals surface area (Å²) in [7, 11) is -3.90. The Morgan fingerprint density at radius 2 is 1.72 bits per heavy atom. The van der Waals surface area contributed by atoms with E-state index in [1.54, 1.807) is 17.8 Å². The number of rotatable bonds is 8. The van der Waals surface area contributed by atoms with E-state index in [1.807, 2.05) is 49.4 Å². The fraction of sp³-hybridized carbons (Fsp3) is 0.174. The number of hydrogen-bond donors (Lipinski definition) is 1. The number of aryl methyl sites for hydroxylation is 1. The Labute approximate surface area is 190 Å². The van der Waals surface area contributed by atoms with Gasteiger partial charge in [0.2, 0.25) is 15.9 Å². The van der Waals surface area contributed by atoms with Gasteiger partial charge in [-0.15, -0.1) is 11.8 Å². The Hall–Kier alpha value is -2.91. The van der Waals surface area contributed by atoms with Crippen LogP contribution < -0.4 is 9.62 Å². The van der Waals surface area contributed by atoms with Crippen LogP contribution in [-0.2, 0) is 20.6 Å². The monoisotopic (exact) mass is 476 g/mol. The molecule has 0 radical (unpaired) electrons. The lowest BCUT2D eigenvalue weighted by molar-refractivity contribution is -0.114. The highest BCUT2D eigenvalue weighted by Crippen LogP contribution is 2.25. The van der Waals surface area contributed by atoms with E-state index >= 15 is 0 Å². The Bertz CT molecular complexity index is 1220. The van der Waals surface area contributed by atoms with Gasteiger partial charge in [-0.3, -0.25) is 9.10 Å². The number of anilines is 2. The maximum absolute atomic E-state index is 13.6. The number of nitrogens with one attached hydrogen (secondary N) is 1. The molecule has 0 aromatic heterocycles. The minimum atomic E-state index is -3.90. The molecular weight excluding hydrogens is 454 g/mol. The molecule has 0 saturated heterocycles. The molecule has 9 heteroatoms. The summed E-state index contributed by atoms with van der Waals surface area (Å²) in [6.07, 6.45) is 0.895. The third-order valence-electron chi connectivity index (χ3n) is 4.59. The van der Waals surface area contributed by atoms with Crippen LogP contribution in [0.3, 0.4) is 0 Å². The normalized spacial score (nSPS) is 11.2. The number of hydrogen-bond acceptors (Lipinski definition) is 4. The molecule has 3 aromatic carbocycles. The first-order valence-corrected chi connectivity index (χ1v) is 12.5. The second-order valence-corrected chi connectivity index (χ2v) is 10.1. The quantitative estimate of drug-likeness (QED) is 0.466. The minimum Gasteiger partial charge on any atom is -0.324 e. The fourth-order valence-electron chi connectivity index (χ4n) is 3.00. The summed E-state index contributed by atoms with van der Waals surface area (Å²) >= 11 is 1.69. The summed E-state index contributed by atoms with van der Waals surface area (Å²) in [5, 5.41) is 2.69. The van der Waals surface area contributed by atoms with Crippen molar-refractivity contribution in [3.63, 3.8) is 0 Å². The van der Waals surface area contributed by atoms with Crippen LogP contribution in [0.15, 0.2) is 71.6 Å². The molecule has 0 heterocycles. The molecule has 5 nitrogen and oxygen atoms in total. The zero-order chi connectivity index (χ0) is 23.3. The highest BCUT2D eigenvalue weighted by molar-refractivity contribution is 7.98. The van der Waals surface area contributed by atoms with Gasteiger partial charge < -0.3 is 5.32 Å². The van der Waals surface area contributed by atoms with Crippen molar-refractivity contribution >= 4 is 39.1 Å². The first kappa shape index (κ1) is 23.7. The average molecular weight is 477 g/mol. The Balaban J connectivity index is 1.69. The van der Waals surface area contributed by atoms with Gasteiger partial charge in [-0.05, 0) is 48.4 Å². The average Bonchev–Trinajstić information content (AvgIpc) is 2.74. The number of amides is 1. The molecule has 0 unspecified atom stereocenters. The fourth-order valence-corrected chi connectivity index (χ4v) is 4.71. The van der Waals surface area contributed by atoms with Gasteiger partial charge >= 0.3 is 0 Å². The van der Waals surface area contributed by atoms with Crippen molar-refractivity contribution in [2.24, 2.45) is 0 Å². The predicted octanol–water partition coefficient (Wildman–Crippen LogP) is 4.97. The molecule has 0 spiro atoms. The van der Waals surface area contributed by atoms with E-state index in [4.69, 9.17) is 0 Å². The molecule has 32 heavy (non-hydrogen) atoms. The second kappa shape index (κ2) is 10.1. The van der Waals surface area contributed by atoms with E-state index in [2.05, 4.69) is 5.32 Å². The highest BCUT2D eigenvalue weighted by atomic mass is 32.2. The molecule has 0 fully saturated rings. The number of nitrogens with zero attached hydrogens (tertiary/aromatic N) is 1. The van der Waals surface area contributed by atoms with Crippen LogP contribution in [0.25, 0.3) is 0 Å². The van der Waals surface area contributed by atoms with E-state index in [0.717, 1.165) is 50.5 Å². The van der Waals surface area contributed by atoms with E-state index in [0.29, 0.717) is 5.69 Å². The van der Waals surface area contributed by atoms with Crippen molar-refractivity contribution in [3.8, 4) is 0 Å². The summed E-state index contributed by atoms with van der Waals surface area (Å²) in [6.45, 7) is 1.27. The third kappa shape index (κ3) is 6.30. The van der Waals surface area contributed by atoms with Crippen LogP contribution in [0, 0.1) is 18.6 Å². The smallest absolute Gasteiger partial charge is 0.245 e. The highest BCUT2D eigenvalue weighted by Gasteiger charge is 2.22. The van der Waals surface area contributed by atoms with Crippen molar-refractivity contribution in [2.75, 3.05) is 22.4 Å². The largest absolute Gasteiger partial charge is 0.324 e. The van der Waals surface area contributed by atoms with E-state index < -0.39 is 34.1 Å². The summed E-state index contributed by atoms with van der Waals surface area (Å²) in [5.74, 6) is -2.14.